The third kappa shape index (κ3) is 5.94. The third-order valence-electron chi connectivity index (χ3n) is 4.46. The van der Waals surface area contributed by atoms with Gasteiger partial charge in [-0.3, -0.25) is 4.99 Å². The summed E-state index contributed by atoms with van der Waals surface area (Å²) in [5.74, 6) is 0.605. The molecule has 0 aliphatic rings. The fraction of sp³-hybridized carbons (Fsp3) is 0.273. The number of rotatable bonds is 8. The van der Waals surface area contributed by atoms with Crippen LogP contribution in [0, 0.1) is 5.82 Å². The molecule has 0 spiro atoms. The first-order valence-corrected chi connectivity index (χ1v) is 9.52. The highest BCUT2D eigenvalue weighted by Gasteiger charge is 2.01. The fourth-order valence-corrected chi connectivity index (χ4v) is 2.97. The molecule has 146 valence electrons. The standard InChI is InChI=1S/C22H26FN5/c1-24-22(25-13-3-6-19-5-2-7-20(23)17-19)26-15-12-18-8-10-21(11-9-18)28-16-4-14-27-28/h2,4-5,7-11,14,16-17H,3,6,12-13,15H2,1H3,(H2,24,25,26). The molecule has 1 heterocycles. The Bertz CT molecular complexity index is 872. The molecule has 0 atom stereocenters. The summed E-state index contributed by atoms with van der Waals surface area (Å²) >= 11 is 0. The van der Waals surface area contributed by atoms with Gasteiger partial charge in [-0.1, -0.05) is 24.3 Å². The zero-order chi connectivity index (χ0) is 19.6. The van der Waals surface area contributed by atoms with Crippen molar-refractivity contribution in [2.45, 2.75) is 19.3 Å². The van der Waals surface area contributed by atoms with Gasteiger partial charge in [0.2, 0.25) is 0 Å². The second-order valence-corrected chi connectivity index (χ2v) is 6.53. The minimum Gasteiger partial charge on any atom is -0.356 e. The molecule has 0 aliphatic carbocycles. The summed E-state index contributed by atoms with van der Waals surface area (Å²) in [6.07, 6.45) is 6.36. The number of nitrogens with one attached hydrogen (secondary N) is 2. The first kappa shape index (κ1) is 19.6. The maximum atomic E-state index is 13.2. The van der Waals surface area contributed by atoms with Crippen molar-refractivity contribution in [2.24, 2.45) is 4.99 Å². The Morgan fingerprint density at radius 2 is 1.82 bits per heavy atom. The molecule has 28 heavy (non-hydrogen) atoms. The lowest BCUT2D eigenvalue weighted by Gasteiger charge is -2.12. The van der Waals surface area contributed by atoms with Crippen LogP contribution >= 0.6 is 0 Å². The van der Waals surface area contributed by atoms with Crippen molar-refractivity contribution >= 4 is 5.96 Å². The van der Waals surface area contributed by atoms with Crippen LogP contribution in [0.5, 0.6) is 0 Å². The summed E-state index contributed by atoms with van der Waals surface area (Å²) in [5, 5.41) is 10.9. The van der Waals surface area contributed by atoms with Gasteiger partial charge < -0.3 is 10.6 Å². The maximum absolute atomic E-state index is 13.2. The van der Waals surface area contributed by atoms with Crippen molar-refractivity contribution in [3.63, 3.8) is 0 Å². The molecule has 5 nitrogen and oxygen atoms in total. The molecule has 3 rings (SSSR count). The molecule has 2 N–H and O–H groups in total. The van der Waals surface area contributed by atoms with Crippen molar-refractivity contribution in [2.75, 3.05) is 20.1 Å². The highest BCUT2D eigenvalue weighted by atomic mass is 19.1. The monoisotopic (exact) mass is 379 g/mol. The number of guanidine groups is 1. The average molecular weight is 379 g/mol. The van der Waals surface area contributed by atoms with E-state index in [0.717, 1.165) is 49.6 Å². The summed E-state index contributed by atoms with van der Waals surface area (Å²) in [6, 6.07) is 17.1. The van der Waals surface area contributed by atoms with E-state index in [0.29, 0.717) is 0 Å². The van der Waals surface area contributed by atoms with Gasteiger partial charge >= 0.3 is 0 Å². The molecular weight excluding hydrogens is 353 g/mol. The minimum absolute atomic E-state index is 0.180. The summed E-state index contributed by atoms with van der Waals surface area (Å²) < 4.78 is 15.0. The quantitative estimate of drug-likeness (QED) is 0.359. The zero-order valence-corrected chi connectivity index (χ0v) is 16.1. The molecular formula is C22H26FN5. The number of aryl methyl sites for hydroxylation is 1. The average Bonchev–Trinajstić information content (AvgIpc) is 3.25. The van der Waals surface area contributed by atoms with Gasteiger partial charge in [0, 0.05) is 32.5 Å². The number of nitrogens with zero attached hydrogens (tertiary/aromatic N) is 3. The topological polar surface area (TPSA) is 54.2 Å². The highest BCUT2D eigenvalue weighted by molar-refractivity contribution is 5.79. The highest BCUT2D eigenvalue weighted by Crippen LogP contribution is 2.09. The molecule has 3 aromatic rings. The van der Waals surface area contributed by atoms with Crippen LogP contribution in [0.25, 0.3) is 5.69 Å². The first-order valence-electron chi connectivity index (χ1n) is 9.52. The number of aliphatic imine (C=N–C) groups is 1. The van der Waals surface area contributed by atoms with Crippen molar-refractivity contribution in [3.05, 3.63) is 83.9 Å². The SMILES string of the molecule is CN=C(NCCCc1cccc(F)c1)NCCc1ccc(-n2cccn2)cc1. The van der Waals surface area contributed by atoms with Crippen LogP contribution in [0.3, 0.4) is 0 Å². The predicted molar refractivity (Wildman–Crippen MR) is 111 cm³/mol. The van der Waals surface area contributed by atoms with E-state index in [9.17, 15) is 4.39 Å². The first-order chi connectivity index (χ1) is 13.7. The van der Waals surface area contributed by atoms with Gasteiger partial charge in [0.1, 0.15) is 5.82 Å². The van der Waals surface area contributed by atoms with Gasteiger partial charge in [-0.2, -0.15) is 5.10 Å². The molecule has 6 heteroatoms. The Morgan fingerprint density at radius 1 is 1.00 bits per heavy atom. The summed E-state index contributed by atoms with van der Waals surface area (Å²) in [5.41, 5.74) is 3.32. The number of aromatic nitrogens is 2. The van der Waals surface area contributed by atoms with Gasteiger partial charge in [-0.15, -0.1) is 0 Å². The molecule has 2 aromatic carbocycles. The largest absolute Gasteiger partial charge is 0.356 e. The summed E-state index contributed by atoms with van der Waals surface area (Å²) in [4.78, 5) is 4.25. The number of benzene rings is 2. The van der Waals surface area contributed by atoms with Crippen LogP contribution in [-0.2, 0) is 12.8 Å². The van der Waals surface area contributed by atoms with Crippen molar-refractivity contribution in [1.29, 1.82) is 0 Å². The van der Waals surface area contributed by atoms with Gasteiger partial charge in [-0.05, 0) is 60.7 Å². The van der Waals surface area contributed by atoms with E-state index in [1.165, 1.54) is 11.6 Å². The lowest BCUT2D eigenvalue weighted by Crippen LogP contribution is -2.38. The van der Waals surface area contributed by atoms with Crippen molar-refractivity contribution < 1.29 is 4.39 Å². The van der Waals surface area contributed by atoms with E-state index in [-0.39, 0.29) is 5.82 Å². The molecule has 0 radical (unpaired) electrons. The van der Waals surface area contributed by atoms with Gasteiger partial charge in [-0.25, -0.2) is 9.07 Å². The predicted octanol–water partition coefficient (Wildman–Crippen LogP) is 3.35. The minimum atomic E-state index is -0.180. The van der Waals surface area contributed by atoms with E-state index >= 15 is 0 Å². The van der Waals surface area contributed by atoms with Crippen molar-refractivity contribution in [3.8, 4) is 5.69 Å². The lowest BCUT2D eigenvalue weighted by molar-refractivity contribution is 0.624. The Balaban J connectivity index is 1.36. The van der Waals surface area contributed by atoms with Crippen LogP contribution in [0.1, 0.15) is 17.5 Å². The Labute approximate surface area is 165 Å². The molecule has 0 unspecified atom stereocenters. The van der Waals surface area contributed by atoms with Gasteiger partial charge in [0.25, 0.3) is 0 Å². The van der Waals surface area contributed by atoms with Crippen LogP contribution < -0.4 is 10.6 Å². The molecule has 0 saturated carbocycles. The number of hydrogen-bond acceptors (Lipinski definition) is 2. The van der Waals surface area contributed by atoms with Crippen LogP contribution in [0.2, 0.25) is 0 Å². The second kappa shape index (κ2) is 10.3. The van der Waals surface area contributed by atoms with Crippen LogP contribution in [0.15, 0.2) is 72.0 Å². The fourth-order valence-electron chi connectivity index (χ4n) is 2.97. The molecule has 0 amide bonds. The zero-order valence-electron chi connectivity index (χ0n) is 16.1. The van der Waals surface area contributed by atoms with E-state index in [4.69, 9.17) is 0 Å². The molecule has 0 bridgehead atoms. The van der Waals surface area contributed by atoms with Crippen LogP contribution in [0.4, 0.5) is 4.39 Å². The lowest BCUT2D eigenvalue weighted by atomic mass is 10.1. The van der Waals surface area contributed by atoms with E-state index in [2.05, 4.69) is 45.0 Å². The van der Waals surface area contributed by atoms with E-state index in [1.807, 2.05) is 23.0 Å². The van der Waals surface area contributed by atoms with E-state index in [1.54, 1.807) is 25.4 Å². The Hall–Kier alpha value is -3.15. The number of halogens is 1. The third-order valence-corrected chi connectivity index (χ3v) is 4.46. The second-order valence-electron chi connectivity index (χ2n) is 6.53. The van der Waals surface area contributed by atoms with Gasteiger partial charge in [0.05, 0.1) is 5.69 Å². The van der Waals surface area contributed by atoms with Crippen molar-refractivity contribution in [1.82, 2.24) is 20.4 Å². The molecule has 0 saturated heterocycles. The Kier molecular flexibility index (Phi) is 7.18. The normalized spacial score (nSPS) is 11.4. The van der Waals surface area contributed by atoms with Gasteiger partial charge in [0.15, 0.2) is 5.96 Å². The Morgan fingerprint density at radius 3 is 2.54 bits per heavy atom. The molecule has 0 fully saturated rings. The molecule has 1 aromatic heterocycles. The number of hydrogen-bond donors (Lipinski definition) is 2. The van der Waals surface area contributed by atoms with E-state index < -0.39 is 0 Å². The summed E-state index contributed by atoms with van der Waals surface area (Å²) in [7, 11) is 1.76. The molecule has 0 aliphatic heterocycles. The summed E-state index contributed by atoms with van der Waals surface area (Å²) in [6.45, 7) is 1.58. The smallest absolute Gasteiger partial charge is 0.190 e. The van der Waals surface area contributed by atoms with Crippen LogP contribution in [-0.4, -0.2) is 35.9 Å². The maximum Gasteiger partial charge on any atom is 0.190 e.